The third kappa shape index (κ3) is 7.10. The molecule has 4 aromatic rings. The number of carbonyl (C=O) groups excluding carboxylic acids is 1. The highest BCUT2D eigenvalue weighted by atomic mass is 19.3. The molecule has 5 heterocycles. The fourth-order valence-electron chi connectivity index (χ4n) is 10.8. The Bertz CT molecular complexity index is 2500. The third-order valence-electron chi connectivity index (χ3n) is 13.0. The van der Waals surface area contributed by atoms with Crippen molar-refractivity contribution in [3.8, 4) is 35.2 Å². The number of ether oxygens (including phenoxy) is 4. The summed E-state index contributed by atoms with van der Waals surface area (Å²) in [6.07, 6.45) is 8.38. The number of nitro groups is 1. The standard InChI is InChI=1S/C44H46F4N6O7/c1-6-29-32(45)11-8-25-14-28(60-24-58-5)15-30(34(25)29)35-33(54(56)57)16-31-37(36(35)46)49-39(59-23-43-12-7-13-52(43)22-42(19-43)20-44(47,48)21-42)50-38(31)51-17-26-9-10-27(18-51)53(26)40(55)61-41(2,3)4/h1,8,11,14-16,26-27H,7,9-10,12-13,17-24H2,2-5H3/t26-,27+,43?. The van der Waals surface area contributed by atoms with E-state index in [2.05, 4.69) is 15.8 Å². The Morgan fingerprint density at radius 1 is 1.07 bits per heavy atom. The van der Waals surface area contributed by atoms with E-state index in [1.807, 2.05) is 4.90 Å². The SMILES string of the molecule is C#Cc1c(F)ccc2cc(OCOC)cc(-c3c([N+](=O)[O-])cc4c(N5C[C@H]6CC[C@@H](C5)N6C(=O)OC(C)(C)C)nc(OCC56CCCN5CC5(CC(F)(F)C5)C6)nc4c3F)c12. The minimum Gasteiger partial charge on any atom is -0.468 e. The molecule has 322 valence electrons. The predicted molar refractivity (Wildman–Crippen MR) is 217 cm³/mol. The lowest BCUT2D eigenvalue weighted by atomic mass is 9.63. The van der Waals surface area contributed by atoms with Gasteiger partial charge in [-0.2, -0.15) is 9.97 Å². The highest BCUT2D eigenvalue weighted by Crippen LogP contribution is 2.62. The largest absolute Gasteiger partial charge is 0.468 e. The number of nitro benzene ring substituents is 1. The Morgan fingerprint density at radius 2 is 1.80 bits per heavy atom. The lowest BCUT2D eigenvalue weighted by molar-refractivity contribution is -0.384. The van der Waals surface area contributed by atoms with Gasteiger partial charge < -0.3 is 23.8 Å². The second kappa shape index (κ2) is 14.6. The summed E-state index contributed by atoms with van der Waals surface area (Å²) in [7, 11) is 1.40. The van der Waals surface area contributed by atoms with Gasteiger partial charge in [0.05, 0.1) is 39.1 Å². The van der Waals surface area contributed by atoms with Crippen LogP contribution in [0.25, 0.3) is 32.8 Å². The Labute approximate surface area is 349 Å². The van der Waals surface area contributed by atoms with Crippen molar-refractivity contribution in [2.45, 2.75) is 94.9 Å². The van der Waals surface area contributed by atoms with Gasteiger partial charge in [0.25, 0.3) is 5.69 Å². The molecule has 4 aliphatic heterocycles. The van der Waals surface area contributed by atoms with Gasteiger partial charge in [0.15, 0.2) is 12.6 Å². The average Bonchev–Trinajstić information content (AvgIpc) is 3.80. The lowest BCUT2D eigenvalue weighted by Crippen LogP contribution is -2.57. The number of nitrogens with zero attached hydrogens (tertiary/aromatic N) is 6. The Hall–Kier alpha value is -5.47. The van der Waals surface area contributed by atoms with Crippen molar-refractivity contribution in [2.75, 3.05) is 51.6 Å². The molecule has 17 heteroatoms. The maximum atomic E-state index is 17.8. The first kappa shape index (κ1) is 40.9. The molecule has 5 fully saturated rings. The van der Waals surface area contributed by atoms with Crippen LogP contribution in [0.5, 0.6) is 11.8 Å². The maximum Gasteiger partial charge on any atom is 0.410 e. The first-order valence-electron chi connectivity index (χ1n) is 20.5. The van der Waals surface area contributed by atoms with E-state index < -0.39 is 56.4 Å². The molecule has 13 nitrogen and oxygen atoms in total. The Balaban J connectivity index is 1.19. The van der Waals surface area contributed by atoms with Gasteiger partial charge in [-0.05, 0) is 88.4 Å². The molecule has 3 atom stereocenters. The second-order valence-corrected chi connectivity index (χ2v) is 18.4. The Kier molecular flexibility index (Phi) is 9.78. The molecule has 0 N–H and O–H groups in total. The number of piperazine rings is 1. The molecule has 1 aliphatic carbocycles. The van der Waals surface area contributed by atoms with Crippen LogP contribution in [0, 0.1) is 39.5 Å². The number of halogens is 4. The topological polar surface area (TPSA) is 133 Å². The monoisotopic (exact) mass is 846 g/mol. The van der Waals surface area contributed by atoms with E-state index in [0.717, 1.165) is 19.0 Å². The molecule has 1 aromatic heterocycles. The van der Waals surface area contributed by atoms with Gasteiger partial charge in [-0.25, -0.2) is 22.4 Å². The molecule has 61 heavy (non-hydrogen) atoms. The van der Waals surface area contributed by atoms with Crippen molar-refractivity contribution in [2.24, 2.45) is 5.41 Å². The van der Waals surface area contributed by atoms with Crippen LogP contribution >= 0.6 is 0 Å². The van der Waals surface area contributed by atoms with Crippen molar-refractivity contribution < 1.29 is 46.2 Å². The van der Waals surface area contributed by atoms with Gasteiger partial charge in [-0.3, -0.25) is 19.9 Å². The van der Waals surface area contributed by atoms with E-state index in [0.29, 0.717) is 37.6 Å². The number of amides is 1. The first-order chi connectivity index (χ1) is 28.9. The van der Waals surface area contributed by atoms with E-state index in [4.69, 9.17) is 30.4 Å². The average molecular weight is 847 g/mol. The summed E-state index contributed by atoms with van der Waals surface area (Å²) in [5.74, 6) is -1.95. The summed E-state index contributed by atoms with van der Waals surface area (Å²) >= 11 is 0. The normalized spacial score (nSPS) is 23.9. The van der Waals surface area contributed by atoms with Crippen molar-refractivity contribution >= 4 is 39.3 Å². The summed E-state index contributed by atoms with van der Waals surface area (Å²) in [6, 6.07) is 5.85. The summed E-state index contributed by atoms with van der Waals surface area (Å²) in [4.78, 5) is 40.9. The van der Waals surface area contributed by atoms with Crippen LogP contribution in [-0.2, 0) is 9.47 Å². The minimum absolute atomic E-state index is 0.0158. The smallest absolute Gasteiger partial charge is 0.410 e. The van der Waals surface area contributed by atoms with Gasteiger partial charge in [-0.1, -0.05) is 12.0 Å². The van der Waals surface area contributed by atoms with E-state index in [-0.39, 0.29) is 96.4 Å². The highest BCUT2D eigenvalue weighted by Gasteiger charge is 2.65. The molecule has 3 aromatic carbocycles. The van der Waals surface area contributed by atoms with Crippen molar-refractivity contribution in [1.29, 1.82) is 0 Å². The number of benzene rings is 3. The maximum absolute atomic E-state index is 17.8. The second-order valence-electron chi connectivity index (χ2n) is 18.4. The van der Waals surface area contributed by atoms with Crippen LogP contribution in [0.15, 0.2) is 30.3 Å². The van der Waals surface area contributed by atoms with Crippen molar-refractivity contribution in [3.05, 3.63) is 57.6 Å². The third-order valence-corrected chi connectivity index (χ3v) is 13.0. The van der Waals surface area contributed by atoms with Crippen LogP contribution in [0.4, 0.5) is 33.9 Å². The molecule has 1 saturated carbocycles. The number of anilines is 1. The zero-order chi connectivity index (χ0) is 43.2. The molecular formula is C44H46F4N6O7. The molecule has 2 bridgehead atoms. The summed E-state index contributed by atoms with van der Waals surface area (Å²) in [6.45, 7) is 6.98. The molecule has 1 spiro atoms. The van der Waals surface area contributed by atoms with Crippen molar-refractivity contribution in [1.82, 2.24) is 19.8 Å². The molecule has 0 radical (unpaired) electrons. The Morgan fingerprint density at radius 3 is 2.46 bits per heavy atom. The van der Waals surface area contributed by atoms with Gasteiger partial charge in [-0.15, -0.1) is 6.42 Å². The fourth-order valence-corrected chi connectivity index (χ4v) is 10.8. The van der Waals surface area contributed by atoms with Crippen LogP contribution < -0.4 is 14.4 Å². The molecule has 9 rings (SSSR count). The van der Waals surface area contributed by atoms with Crippen LogP contribution in [0.1, 0.15) is 71.3 Å². The molecule has 4 saturated heterocycles. The summed E-state index contributed by atoms with van der Waals surface area (Å²) in [5.41, 5.74) is -3.61. The van der Waals surface area contributed by atoms with Crippen LogP contribution in [0.2, 0.25) is 0 Å². The highest BCUT2D eigenvalue weighted by molar-refractivity contribution is 6.06. The zero-order valence-corrected chi connectivity index (χ0v) is 34.4. The number of terminal acetylenes is 1. The molecular weight excluding hydrogens is 801 g/mol. The number of methoxy groups -OCH3 is 1. The molecule has 1 amide bonds. The zero-order valence-electron chi connectivity index (χ0n) is 34.4. The summed E-state index contributed by atoms with van der Waals surface area (Å²) in [5, 5.41) is 13.5. The quantitative estimate of drug-likeness (QED) is 0.0531. The van der Waals surface area contributed by atoms with E-state index in [9.17, 15) is 23.7 Å². The van der Waals surface area contributed by atoms with Gasteiger partial charge in [0, 0.05) is 56.6 Å². The number of alkyl halides is 2. The fraction of sp³-hybridized carbons (Fsp3) is 0.523. The van der Waals surface area contributed by atoms with E-state index >= 15 is 8.78 Å². The number of hydrogen-bond acceptors (Lipinski definition) is 11. The number of fused-ring (bicyclic) bond motifs is 5. The number of hydrogen-bond donors (Lipinski definition) is 0. The molecule has 5 aliphatic rings. The predicted octanol–water partition coefficient (Wildman–Crippen LogP) is 8.22. The number of carbonyl (C=O) groups is 1. The minimum atomic E-state index is -2.70. The van der Waals surface area contributed by atoms with Gasteiger partial charge >= 0.3 is 12.1 Å². The van der Waals surface area contributed by atoms with E-state index in [1.54, 1.807) is 31.7 Å². The van der Waals surface area contributed by atoms with Crippen LogP contribution in [-0.4, -0.2) is 107 Å². The number of rotatable bonds is 9. The molecule has 1 unspecified atom stereocenters. The number of aromatic nitrogens is 2. The van der Waals surface area contributed by atoms with Crippen molar-refractivity contribution in [3.63, 3.8) is 0 Å². The summed E-state index contributed by atoms with van der Waals surface area (Å²) < 4.78 is 84.6. The van der Waals surface area contributed by atoms with Crippen LogP contribution in [0.3, 0.4) is 0 Å². The lowest BCUT2D eigenvalue weighted by Gasteiger charge is -2.45. The van der Waals surface area contributed by atoms with E-state index in [1.165, 1.54) is 25.3 Å². The first-order valence-corrected chi connectivity index (χ1v) is 20.5. The van der Waals surface area contributed by atoms with Gasteiger partial charge in [0.1, 0.15) is 35.1 Å². The van der Waals surface area contributed by atoms with Gasteiger partial charge in [0.2, 0.25) is 5.92 Å².